The average Bonchev–Trinajstić information content (AvgIpc) is 2.39. The van der Waals surface area contributed by atoms with Crippen molar-refractivity contribution in [1.29, 1.82) is 0 Å². The molecule has 1 rings (SSSR count). The minimum Gasteiger partial charge on any atom is -0.389 e. The second-order valence-electron chi connectivity index (χ2n) is 5.66. The topological polar surface area (TPSA) is 90.9 Å². The zero-order valence-corrected chi connectivity index (χ0v) is 12.9. The molecule has 3 amide bonds. The maximum atomic E-state index is 11.7. The van der Waals surface area contributed by atoms with Crippen molar-refractivity contribution < 1.29 is 19.4 Å². The van der Waals surface area contributed by atoms with Gasteiger partial charge in [-0.2, -0.15) is 0 Å². The van der Waals surface area contributed by atoms with Crippen LogP contribution in [0.3, 0.4) is 0 Å². The van der Waals surface area contributed by atoms with Gasteiger partial charge < -0.3 is 15.2 Å². The molecule has 1 aliphatic rings. The number of hydrogen-bond donors (Lipinski definition) is 3. The highest BCUT2D eigenvalue weighted by atomic mass is 16.5. The summed E-state index contributed by atoms with van der Waals surface area (Å²) in [5.74, 6) is -0.379. The number of aliphatic hydroxyl groups excluding tert-OH is 1. The van der Waals surface area contributed by atoms with E-state index in [-0.39, 0.29) is 25.1 Å². The minimum atomic E-state index is -0.649. The number of methoxy groups -OCH3 is 1. The first-order chi connectivity index (χ1) is 10.0. The van der Waals surface area contributed by atoms with Crippen molar-refractivity contribution in [1.82, 2.24) is 15.5 Å². The number of rotatable bonds is 7. The van der Waals surface area contributed by atoms with E-state index >= 15 is 0 Å². The predicted octanol–water partition coefficient (Wildman–Crippen LogP) is 0.0840. The summed E-state index contributed by atoms with van der Waals surface area (Å²) >= 11 is 0. The summed E-state index contributed by atoms with van der Waals surface area (Å²) in [5, 5.41) is 14.7. The number of amides is 3. The molecule has 7 nitrogen and oxygen atoms in total. The molecular weight excluding hydrogens is 274 g/mol. The van der Waals surface area contributed by atoms with Crippen LogP contribution >= 0.6 is 0 Å². The van der Waals surface area contributed by atoms with Crippen LogP contribution < -0.4 is 10.6 Å². The smallest absolute Gasteiger partial charge is 0.321 e. The molecule has 7 heteroatoms. The monoisotopic (exact) mass is 301 g/mol. The first-order valence-corrected chi connectivity index (χ1v) is 7.47. The van der Waals surface area contributed by atoms with Crippen LogP contribution in [-0.2, 0) is 9.53 Å². The molecule has 0 aromatic rings. The molecule has 0 aromatic carbocycles. The highest BCUT2D eigenvalue weighted by molar-refractivity contribution is 5.95. The second kappa shape index (κ2) is 9.70. The molecule has 1 aliphatic carbocycles. The molecule has 21 heavy (non-hydrogen) atoms. The van der Waals surface area contributed by atoms with Gasteiger partial charge in [-0.3, -0.25) is 15.0 Å². The maximum absolute atomic E-state index is 11.7. The number of nitrogens with one attached hydrogen (secondary N) is 2. The third kappa shape index (κ3) is 7.99. The van der Waals surface area contributed by atoms with Crippen LogP contribution in [0.15, 0.2) is 0 Å². The lowest BCUT2D eigenvalue weighted by atomic mass is 9.96. The molecule has 1 unspecified atom stereocenters. The summed E-state index contributed by atoms with van der Waals surface area (Å²) < 4.78 is 4.82. The van der Waals surface area contributed by atoms with Crippen LogP contribution in [0.25, 0.3) is 0 Å². The lowest BCUT2D eigenvalue weighted by Gasteiger charge is -2.23. The Bertz CT molecular complexity index is 332. The minimum absolute atomic E-state index is 0.0544. The molecule has 122 valence electrons. The van der Waals surface area contributed by atoms with E-state index in [1.54, 1.807) is 11.9 Å². The average molecular weight is 301 g/mol. The lowest BCUT2D eigenvalue weighted by molar-refractivity contribution is -0.121. The third-order valence-corrected chi connectivity index (χ3v) is 3.49. The third-order valence-electron chi connectivity index (χ3n) is 3.49. The number of carbonyl (C=O) groups excluding carboxylic acids is 2. The fraction of sp³-hybridized carbons (Fsp3) is 0.857. The van der Waals surface area contributed by atoms with Crippen molar-refractivity contribution in [3.63, 3.8) is 0 Å². The molecule has 1 atom stereocenters. The van der Waals surface area contributed by atoms with Gasteiger partial charge in [-0.1, -0.05) is 19.3 Å². The number of urea groups is 1. The van der Waals surface area contributed by atoms with Gasteiger partial charge in [0.15, 0.2) is 0 Å². The van der Waals surface area contributed by atoms with E-state index in [9.17, 15) is 14.7 Å². The Kier molecular flexibility index (Phi) is 8.26. The van der Waals surface area contributed by atoms with Crippen LogP contribution in [0, 0.1) is 0 Å². The van der Waals surface area contributed by atoms with Crippen molar-refractivity contribution in [2.24, 2.45) is 0 Å². The summed E-state index contributed by atoms with van der Waals surface area (Å²) in [5.41, 5.74) is 0. The Labute approximate surface area is 126 Å². The molecule has 3 N–H and O–H groups in total. The van der Waals surface area contributed by atoms with Crippen molar-refractivity contribution in [3.05, 3.63) is 0 Å². The van der Waals surface area contributed by atoms with Crippen LogP contribution in [0.2, 0.25) is 0 Å². The Morgan fingerprint density at radius 2 is 2.00 bits per heavy atom. The SMILES string of the molecule is COCC(O)CN(C)CC(=O)NC(=O)NC1CCCCC1. The van der Waals surface area contributed by atoms with Crippen LogP contribution in [-0.4, -0.2) is 67.9 Å². The fourth-order valence-electron chi connectivity index (χ4n) is 2.55. The van der Waals surface area contributed by atoms with Crippen LogP contribution in [0.1, 0.15) is 32.1 Å². The van der Waals surface area contributed by atoms with Gasteiger partial charge in [0.25, 0.3) is 0 Å². The predicted molar refractivity (Wildman–Crippen MR) is 78.9 cm³/mol. The maximum Gasteiger partial charge on any atom is 0.321 e. The Morgan fingerprint density at radius 1 is 1.33 bits per heavy atom. The van der Waals surface area contributed by atoms with E-state index in [2.05, 4.69) is 10.6 Å². The second-order valence-corrected chi connectivity index (χ2v) is 5.66. The zero-order valence-electron chi connectivity index (χ0n) is 12.9. The van der Waals surface area contributed by atoms with E-state index < -0.39 is 12.1 Å². The Morgan fingerprint density at radius 3 is 2.62 bits per heavy atom. The first kappa shape index (κ1) is 17.9. The quantitative estimate of drug-likeness (QED) is 0.620. The number of ether oxygens (including phenoxy) is 1. The summed E-state index contributed by atoms with van der Waals surface area (Å²) in [6.07, 6.45) is 4.77. The number of nitrogens with zero attached hydrogens (tertiary/aromatic N) is 1. The summed E-state index contributed by atoms with van der Waals surface area (Å²) in [6, 6.07) is -0.259. The molecule has 0 heterocycles. The number of aliphatic hydroxyl groups is 1. The zero-order chi connectivity index (χ0) is 15.7. The first-order valence-electron chi connectivity index (χ1n) is 7.47. The van der Waals surface area contributed by atoms with Gasteiger partial charge in [-0.25, -0.2) is 4.79 Å². The van der Waals surface area contributed by atoms with Crippen molar-refractivity contribution >= 4 is 11.9 Å². The van der Waals surface area contributed by atoms with E-state index in [4.69, 9.17) is 4.74 Å². The standard InChI is InChI=1S/C14H27N3O4/c1-17(8-12(18)10-21-2)9-13(19)16-14(20)15-11-6-4-3-5-7-11/h11-12,18H,3-10H2,1-2H3,(H2,15,16,19,20). The molecule has 0 saturated heterocycles. The van der Waals surface area contributed by atoms with Crippen molar-refractivity contribution in [2.45, 2.75) is 44.2 Å². The normalized spacial score (nSPS) is 17.5. The van der Waals surface area contributed by atoms with Gasteiger partial charge in [0.1, 0.15) is 0 Å². The highest BCUT2D eigenvalue weighted by Crippen LogP contribution is 2.17. The van der Waals surface area contributed by atoms with Gasteiger partial charge in [0.05, 0.1) is 19.3 Å². The van der Waals surface area contributed by atoms with Gasteiger partial charge in [-0.05, 0) is 19.9 Å². The molecular formula is C14H27N3O4. The number of imide groups is 1. The van der Waals surface area contributed by atoms with Crippen molar-refractivity contribution in [2.75, 3.05) is 33.9 Å². The fourth-order valence-corrected chi connectivity index (χ4v) is 2.55. The van der Waals surface area contributed by atoms with E-state index in [0.717, 1.165) is 25.7 Å². The van der Waals surface area contributed by atoms with E-state index in [1.807, 2.05) is 0 Å². The van der Waals surface area contributed by atoms with Gasteiger partial charge in [0, 0.05) is 19.7 Å². The summed E-state index contributed by atoms with van der Waals surface area (Å²) in [4.78, 5) is 25.1. The van der Waals surface area contributed by atoms with Crippen molar-refractivity contribution in [3.8, 4) is 0 Å². The number of likely N-dealkylation sites (N-methyl/N-ethyl adjacent to an activating group) is 1. The lowest BCUT2D eigenvalue weighted by Crippen LogP contribution is -2.48. The number of hydrogen-bond acceptors (Lipinski definition) is 5. The molecule has 0 spiro atoms. The molecule has 1 saturated carbocycles. The Balaban J connectivity index is 2.20. The van der Waals surface area contributed by atoms with E-state index in [0.29, 0.717) is 6.54 Å². The molecule has 0 bridgehead atoms. The van der Waals surface area contributed by atoms with E-state index in [1.165, 1.54) is 13.5 Å². The van der Waals surface area contributed by atoms with Gasteiger partial charge >= 0.3 is 6.03 Å². The van der Waals surface area contributed by atoms with Gasteiger partial charge in [-0.15, -0.1) is 0 Å². The largest absolute Gasteiger partial charge is 0.389 e. The van der Waals surface area contributed by atoms with Crippen LogP contribution in [0.4, 0.5) is 4.79 Å². The molecule has 1 fully saturated rings. The van der Waals surface area contributed by atoms with Crippen LogP contribution in [0.5, 0.6) is 0 Å². The molecule has 0 aliphatic heterocycles. The summed E-state index contributed by atoms with van der Waals surface area (Å²) in [7, 11) is 3.21. The molecule has 0 radical (unpaired) electrons. The van der Waals surface area contributed by atoms with Gasteiger partial charge in [0.2, 0.25) is 5.91 Å². The Hall–Kier alpha value is -1.18. The number of carbonyl (C=O) groups is 2. The summed E-state index contributed by atoms with van der Waals surface area (Å²) in [6.45, 7) is 0.582. The molecule has 0 aromatic heterocycles. The highest BCUT2D eigenvalue weighted by Gasteiger charge is 2.18.